The van der Waals surface area contributed by atoms with Crippen LogP contribution in [0.5, 0.6) is 0 Å². The molecule has 1 aliphatic rings. The van der Waals surface area contributed by atoms with Gasteiger partial charge in [0, 0.05) is 25.4 Å². The predicted molar refractivity (Wildman–Crippen MR) is 106 cm³/mol. The Hall–Kier alpha value is -2.32. The summed E-state index contributed by atoms with van der Waals surface area (Å²) in [5.41, 5.74) is 2.45. The van der Waals surface area contributed by atoms with Gasteiger partial charge in [0.2, 0.25) is 0 Å². The van der Waals surface area contributed by atoms with Crippen LogP contribution < -0.4 is 0 Å². The summed E-state index contributed by atoms with van der Waals surface area (Å²) >= 11 is 6.61. The van der Waals surface area contributed by atoms with Crippen molar-refractivity contribution in [3.63, 3.8) is 0 Å². The zero-order valence-electron chi connectivity index (χ0n) is 13.9. The van der Waals surface area contributed by atoms with E-state index in [2.05, 4.69) is 9.97 Å². The molecule has 0 spiro atoms. The van der Waals surface area contributed by atoms with E-state index in [0.29, 0.717) is 22.2 Å². The van der Waals surface area contributed by atoms with Gasteiger partial charge in [0.15, 0.2) is 0 Å². The Morgan fingerprint density at radius 1 is 1.19 bits per heavy atom. The minimum atomic E-state index is -0.793. The van der Waals surface area contributed by atoms with Crippen molar-refractivity contribution in [1.29, 1.82) is 0 Å². The molecule has 3 rings (SSSR count). The first-order chi connectivity index (χ1) is 12.5. The van der Waals surface area contributed by atoms with E-state index in [-0.39, 0.29) is 12.3 Å². The number of unbranched alkanes of at least 4 members (excludes halogenated alkanes) is 2. The smallest absolute Gasteiger partial charge is 0.303 e. The maximum Gasteiger partial charge on any atom is 0.303 e. The highest BCUT2D eigenvalue weighted by Crippen LogP contribution is 2.33. The van der Waals surface area contributed by atoms with Crippen LogP contribution >= 0.6 is 24.0 Å². The van der Waals surface area contributed by atoms with Gasteiger partial charge in [-0.05, 0) is 36.6 Å². The molecule has 134 valence electrons. The number of carboxylic acid groups (broad SMARTS) is 1. The molecule has 1 aromatic heterocycles. The molecule has 1 N–H and O–H groups in total. The zero-order valence-corrected chi connectivity index (χ0v) is 15.6. The number of thioether (sulfide) groups is 1. The molecular weight excluding hydrogens is 370 g/mol. The number of nitrogens with zero attached hydrogens (tertiary/aromatic N) is 3. The van der Waals surface area contributed by atoms with E-state index in [1.165, 1.54) is 11.8 Å². The summed E-state index contributed by atoms with van der Waals surface area (Å²) in [4.78, 5) is 33.8. The molecule has 1 amide bonds. The number of rotatable bonds is 7. The van der Waals surface area contributed by atoms with E-state index in [9.17, 15) is 9.59 Å². The summed E-state index contributed by atoms with van der Waals surface area (Å²) < 4.78 is 0.542. The van der Waals surface area contributed by atoms with Gasteiger partial charge in [-0.1, -0.05) is 36.5 Å². The van der Waals surface area contributed by atoms with E-state index in [1.807, 2.05) is 24.3 Å². The van der Waals surface area contributed by atoms with Crippen molar-refractivity contribution in [1.82, 2.24) is 14.9 Å². The summed E-state index contributed by atoms with van der Waals surface area (Å²) in [6, 6.07) is 5.66. The van der Waals surface area contributed by atoms with Gasteiger partial charge in [-0.2, -0.15) is 0 Å². The largest absolute Gasteiger partial charge is 0.481 e. The zero-order chi connectivity index (χ0) is 18.5. The van der Waals surface area contributed by atoms with Gasteiger partial charge in [0.1, 0.15) is 4.32 Å². The maximum absolute atomic E-state index is 12.6. The second kappa shape index (κ2) is 8.37. The average molecular weight is 387 g/mol. The molecule has 1 aromatic carbocycles. The first-order valence-corrected chi connectivity index (χ1v) is 9.45. The minimum absolute atomic E-state index is 0.0996. The highest BCUT2D eigenvalue weighted by Gasteiger charge is 2.31. The number of carboxylic acids is 1. The second-order valence-electron chi connectivity index (χ2n) is 5.84. The number of thiocarbonyl (C=S) groups is 1. The highest BCUT2D eigenvalue weighted by atomic mass is 32.2. The Morgan fingerprint density at radius 3 is 2.73 bits per heavy atom. The van der Waals surface area contributed by atoms with Gasteiger partial charge < -0.3 is 5.11 Å². The molecule has 8 heteroatoms. The Balaban J connectivity index is 1.65. The fraction of sp³-hybridized carbons (Fsp3) is 0.278. The monoisotopic (exact) mass is 387 g/mol. The third-order valence-corrected chi connectivity index (χ3v) is 5.31. The van der Waals surface area contributed by atoms with Crippen molar-refractivity contribution in [2.24, 2.45) is 0 Å². The lowest BCUT2D eigenvalue weighted by Crippen LogP contribution is -2.29. The Labute approximate surface area is 160 Å². The Kier molecular flexibility index (Phi) is 5.95. The third-order valence-electron chi connectivity index (χ3n) is 3.94. The summed E-state index contributed by atoms with van der Waals surface area (Å²) in [5, 5.41) is 8.64. The van der Waals surface area contributed by atoms with Gasteiger partial charge in [0.05, 0.1) is 15.9 Å². The van der Waals surface area contributed by atoms with Crippen LogP contribution in [0.4, 0.5) is 0 Å². The number of aromatic nitrogens is 2. The number of amides is 1. The van der Waals surface area contributed by atoms with Crippen LogP contribution in [0.15, 0.2) is 35.5 Å². The van der Waals surface area contributed by atoms with E-state index < -0.39 is 5.97 Å². The molecule has 0 saturated carbocycles. The molecular formula is C18H17N3O3S2. The number of carbonyl (C=O) groups excluding carboxylic acids is 1. The number of aliphatic carboxylic acids is 1. The first-order valence-electron chi connectivity index (χ1n) is 8.22. The van der Waals surface area contributed by atoms with Gasteiger partial charge >= 0.3 is 5.97 Å². The van der Waals surface area contributed by atoms with Crippen molar-refractivity contribution in [2.75, 3.05) is 6.54 Å². The molecule has 26 heavy (non-hydrogen) atoms. The topological polar surface area (TPSA) is 83.4 Å². The Bertz CT molecular complexity index is 898. The van der Waals surface area contributed by atoms with Gasteiger partial charge in [-0.3, -0.25) is 24.5 Å². The van der Waals surface area contributed by atoms with E-state index in [0.717, 1.165) is 29.4 Å². The molecule has 0 unspecified atom stereocenters. The van der Waals surface area contributed by atoms with Crippen molar-refractivity contribution in [3.8, 4) is 0 Å². The molecule has 0 bridgehead atoms. The maximum atomic E-state index is 12.6. The SMILES string of the molecule is O=C(O)CCCCCN1C(=O)C(=Cc2ccc3nccnc3c2)SC1=S. The number of carbonyl (C=O) groups is 2. The molecule has 0 atom stereocenters. The molecule has 1 saturated heterocycles. The number of benzene rings is 1. The van der Waals surface area contributed by atoms with Crippen LogP contribution in [0.3, 0.4) is 0 Å². The molecule has 1 fully saturated rings. The fourth-order valence-electron chi connectivity index (χ4n) is 2.64. The molecule has 6 nitrogen and oxygen atoms in total. The van der Waals surface area contributed by atoms with Gasteiger partial charge in [0.25, 0.3) is 5.91 Å². The lowest BCUT2D eigenvalue weighted by molar-refractivity contribution is -0.137. The average Bonchev–Trinajstić information content (AvgIpc) is 2.88. The minimum Gasteiger partial charge on any atom is -0.481 e. The van der Waals surface area contributed by atoms with Crippen LogP contribution in [0.2, 0.25) is 0 Å². The summed E-state index contributed by atoms with van der Waals surface area (Å²) in [7, 11) is 0. The summed E-state index contributed by atoms with van der Waals surface area (Å²) in [6.07, 6.45) is 7.35. The molecule has 0 aliphatic carbocycles. The standard InChI is InChI=1S/C18H17N3O3S2/c22-16(23)4-2-1-3-9-21-17(24)15(26-18(21)25)11-12-5-6-13-14(10-12)20-8-7-19-13/h5-8,10-11H,1-4,9H2,(H,22,23). The molecule has 1 aliphatic heterocycles. The van der Waals surface area contributed by atoms with E-state index >= 15 is 0 Å². The van der Waals surface area contributed by atoms with Gasteiger partial charge in [-0.25, -0.2) is 0 Å². The van der Waals surface area contributed by atoms with Crippen molar-refractivity contribution in [3.05, 3.63) is 41.1 Å². The lowest BCUT2D eigenvalue weighted by atomic mass is 10.1. The van der Waals surface area contributed by atoms with Crippen LogP contribution in [-0.2, 0) is 9.59 Å². The van der Waals surface area contributed by atoms with E-state index in [1.54, 1.807) is 17.3 Å². The molecule has 2 aromatic rings. The fourth-order valence-corrected chi connectivity index (χ4v) is 3.95. The van der Waals surface area contributed by atoms with Crippen molar-refractivity contribution >= 4 is 57.3 Å². The quantitative estimate of drug-likeness (QED) is 0.442. The third kappa shape index (κ3) is 4.44. The molecule has 2 heterocycles. The number of hydrogen-bond acceptors (Lipinski definition) is 6. The van der Waals surface area contributed by atoms with Crippen LogP contribution in [0.1, 0.15) is 31.2 Å². The summed E-state index contributed by atoms with van der Waals surface area (Å²) in [5.74, 6) is -0.893. The first kappa shape index (κ1) is 18.5. The predicted octanol–water partition coefficient (Wildman–Crippen LogP) is 3.48. The van der Waals surface area contributed by atoms with Crippen LogP contribution in [0.25, 0.3) is 17.1 Å². The Morgan fingerprint density at radius 2 is 1.96 bits per heavy atom. The van der Waals surface area contributed by atoms with Crippen LogP contribution in [-0.4, -0.2) is 42.7 Å². The van der Waals surface area contributed by atoms with E-state index in [4.69, 9.17) is 17.3 Å². The highest BCUT2D eigenvalue weighted by molar-refractivity contribution is 8.26. The number of fused-ring (bicyclic) bond motifs is 1. The summed E-state index contributed by atoms with van der Waals surface area (Å²) in [6.45, 7) is 0.519. The van der Waals surface area contributed by atoms with Crippen molar-refractivity contribution in [2.45, 2.75) is 25.7 Å². The van der Waals surface area contributed by atoms with Crippen LogP contribution in [0, 0.1) is 0 Å². The van der Waals surface area contributed by atoms with Gasteiger partial charge in [-0.15, -0.1) is 0 Å². The normalized spacial score (nSPS) is 16.0. The molecule has 0 radical (unpaired) electrons. The lowest BCUT2D eigenvalue weighted by Gasteiger charge is -2.13. The second-order valence-corrected chi connectivity index (χ2v) is 7.52. The van der Waals surface area contributed by atoms with Crippen molar-refractivity contribution < 1.29 is 14.7 Å². The number of hydrogen-bond donors (Lipinski definition) is 1.